The predicted molar refractivity (Wildman–Crippen MR) is 78.9 cm³/mol. The van der Waals surface area contributed by atoms with Crippen molar-refractivity contribution in [2.75, 3.05) is 38.6 Å². The molecule has 0 aliphatic carbocycles. The molecule has 1 aliphatic heterocycles. The van der Waals surface area contributed by atoms with Crippen LogP contribution in [0.2, 0.25) is 0 Å². The van der Waals surface area contributed by atoms with E-state index < -0.39 is 0 Å². The average Bonchev–Trinajstić information content (AvgIpc) is 2.90. The van der Waals surface area contributed by atoms with Crippen molar-refractivity contribution in [3.8, 4) is 0 Å². The van der Waals surface area contributed by atoms with Crippen LogP contribution in [-0.4, -0.2) is 50.4 Å². The van der Waals surface area contributed by atoms with Crippen LogP contribution in [0.1, 0.15) is 23.2 Å². The first-order chi connectivity index (χ1) is 9.63. The monoisotopic (exact) mass is 275 g/mol. The maximum absolute atomic E-state index is 12.3. The third kappa shape index (κ3) is 3.17. The van der Waals surface area contributed by atoms with Crippen molar-refractivity contribution in [3.05, 3.63) is 29.8 Å². The molecule has 0 spiro atoms. The number of likely N-dealkylation sites (N-methyl/N-ethyl adjacent to an activating group) is 2. The fourth-order valence-electron chi connectivity index (χ4n) is 2.33. The van der Waals surface area contributed by atoms with Crippen molar-refractivity contribution in [1.82, 2.24) is 10.2 Å². The number of nitrogens with zero attached hydrogens (tertiary/aromatic N) is 2. The number of rotatable bonds is 5. The molecule has 1 aliphatic rings. The second kappa shape index (κ2) is 6.52. The number of hydrogen-bond donors (Lipinski definition) is 1. The largest absolute Gasteiger partial charge is 0.340 e. The normalized spacial score (nSPS) is 14.7. The third-order valence-electron chi connectivity index (χ3n) is 3.52. The molecule has 5 nitrogen and oxygen atoms in total. The van der Waals surface area contributed by atoms with E-state index in [9.17, 15) is 9.59 Å². The van der Waals surface area contributed by atoms with Crippen LogP contribution >= 0.6 is 0 Å². The zero-order valence-corrected chi connectivity index (χ0v) is 12.1. The minimum absolute atomic E-state index is 0.0197. The highest BCUT2D eigenvalue weighted by atomic mass is 16.2. The van der Waals surface area contributed by atoms with Gasteiger partial charge in [0.1, 0.15) is 0 Å². The van der Waals surface area contributed by atoms with E-state index in [0.29, 0.717) is 18.5 Å². The van der Waals surface area contributed by atoms with Crippen molar-refractivity contribution in [1.29, 1.82) is 0 Å². The fourth-order valence-corrected chi connectivity index (χ4v) is 2.33. The van der Waals surface area contributed by atoms with Crippen molar-refractivity contribution in [2.45, 2.75) is 12.8 Å². The summed E-state index contributed by atoms with van der Waals surface area (Å²) in [5.74, 6) is 0.117. The van der Waals surface area contributed by atoms with Gasteiger partial charge < -0.3 is 15.1 Å². The molecule has 2 rings (SSSR count). The standard InChI is InChI=1S/C15H21N3O2/c1-16-8-10-17(2)15(20)12-5-3-6-13(11-12)18-9-4-7-14(18)19/h3,5-6,11,16H,4,7-10H2,1-2H3. The van der Waals surface area contributed by atoms with Gasteiger partial charge in [-0.25, -0.2) is 0 Å². The Morgan fingerprint density at radius 2 is 2.25 bits per heavy atom. The van der Waals surface area contributed by atoms with E-state index in [1.165, 1.54) is 0 Å². The second-order valence-corrected chi connectivity index (χ2v) is 5.03. The SMILES string of the molecule is CNCCN(C)C(=O)c1cccc(N2CCCC2=O)c1. The number of hydrogen-bond acceptors (Lipinski definition) is 3. The molecule has 2 amide bonds. The zero-order chi connectivity index (χ0) is 14.5. The van der Waals surface area contributed by atoms with Gasteiger partial charge >= 0.3 is 0 Å². The first-order valence-corrected chi connectivity index (χ1v) is 6.94. The minimum atomic E-state index is -0.0197. The lowest BCUT2D eigenvalue weighted by Gasteiger charge is -2.19. The van der Waals surface area contributed by atoms with Crippen molar-refractivity contribution in [2.24, 2.45) is 0 Å². The molecule has 0 bridgehead atoms. The Morgan fingerprint density at radius 1 is 1.45 bits per heavy atom. The van der Waals surface area contributed by atoms with Crippen LogP contribution in [0.3, 0.4) is 0 Å². The molecule has 0 radical (unpaired) electrons. The van der Waals surface area contributed by atoms with Gasteiger partial charge in [0, 0.05) is 44.4 Å². The van der Waals surface area contributed by atoms with Gasteiger partial charge in [-0.1, -0.05) is 6.07 Å². The Balaban J connectivity index is 2.13. The third-order valence-corrected chi connectivity index (χ3v) is 3.52. The smallest absolute Gasteiger partial charge is 0.253 e. The first-order valence-electron chi connectivity index (χ1n) is 6.94. The number of carbonyl (C=O) groups is 2. The van der Waals surface area contributed by atoms with Crippen molar-refractivity contribution in [3.63, 3.8) is 0 Å². The summed E-state index contributed by atoms with van der Waals surface area (Å²) >= 11 is 0. The molecule has 1 saturated heterocycles. The van der Waals surface area contributed by atoms with Gasteiger partial charge in [-0.3, -0.25) is 9.59 Å². The molecule has 0 aromatic heterocycles. The van der Waals surface area contributed by atoms with Gasteiger partial charge in [0.05, 0.1) is 0 Å². The van der Waals surface area contributed by atoms with E-state index in [1.807, 2.05) is 19.2 Å². The highest BCUT2D eigenvalue weighted by Gasteiger charge is 2.22. The van der Waals surface area contributed by atoms with Crippen LogP contribution in [0.4, 0.5) is 5.69 Å². The van der Waals surface area contributed by atoms with E-state index in [0.717, 1.165) is 25.2 Å². The quantitative estimate of drug-likeness (QED) is 0.875. The number of benzene rings is 1. The summed E-state index contributed by atoms with van der Waals surface area (Å²) in [5, 5.41) is 3.02. The van der Waals surface area contributed by atoms with Gasteiger partial charge in [0.15, 0.2) is 0 Å². The molecule has 1 aromatic carbocycles. The molecule has 0 saturated carbocycles. The van der Waals surface area contributed by atoms with Gasteiger partial charge in [0.2, 0.25) is 5.91 Å². The number of nitrogens with one attached hydrogen (secondary N) is 1. The molecule has 1 aromatic rings. The summed E-state index contributed by atoms with van der Waals surface area (Å²) in [5.41, 5.74) is 1.45. The Hall–Kier alpha value is -1.88. The summed E-state index contributed by atoms with van der Waals surface area (Å²) < 4.78 is 0. The lowest BCUT2D eigenvalue weighted by atomic mass is 10.1. The Kier molecular flexibility index (Phi) is 4.74. The minimum Gasteiger partial charge on any atom is -0.340 e. The fraction of sp³-hybridized carbons (Fsp3) is 0.467. The topological polar surface area (TPSA) is 52.7 Å². The molecule has 0 unspecified atom stereocenters. The highest BCUT2D eigenvalue weighted by molar-refractivity contribution is 5.98. The summed E-state index contributed by atoms with van der Waals surface area (Å²) in [4.78, 5) is 27.5. The van der Waals surface area contributed by atoms with Crippen LogP contribution in [0, 0.1) is 0 Å². The molecular weight excluding hydrogens is 254 g/mol. The van der Waals surface area contributed by atoms with E-state index >= 15 is 0 Å². The number of anilines is 1. The molecular formula is C15H21N3O2. The Morgan fingerprint density at radius 3 is 2.90 bits per heavy atom. The van der Waals surface area contributed by atoms with E-state index in [2.05, 4.69) is 5.32 Å². The van der Waals surface area contributed by atoms with Gasteiger partial charge in [-0.05, 0) is 31.7 Å². The second-order valence-electron chi connectivity index (χ2n) is 5.03. The maximum Gasteiger partial charge on any atom is 0.253 e. The van der Waals surface area contributed by atoms with Crippen LogP contribution in [0.5, 0.6) is 0 Å². The lowest BCUT2D eigenvalue weighted by Crippen LogP contribution is -2.33. The molecule has 5 heteroatoms. The van der Waals surface area contributed by atoms with Gasteiger partial charge in [-0.2, -0.15) is 0 Å². The first kappa shape index (κ1) is 14.5. The molecule has 108 valence electrons. The number of amides is 2. The van der Waals surface area contributed by atoms with E-state index in [-0.39, 0.29) is 11.8 Å². The molecule has 20 heavy (non-hydrogen) atoms. The molecule has 0 atom stereocenters. The predicted octanol–water partition coefficient (Wildman–Crippen LogP) is 1.10. The van der Waals surface area contributed by atoms with Gasteiger partial charge in [0.25, 0.3) is 5.91 Å². The summed E-state index contributed by atoms with van der Waals surface area (Å²) in [6.45, 7) is 2.15. The average molecular weight is 275 g/mol. The number of carbonyl (C=O) groups excluding carboxylic acids is 2. The molecule has 1 N–H and O–H groups in total. The summed E-state index contributed by atoms with van der Waals surface area (Å²) in [6, 6.07) is 7.32. The zero-order valence-electron chi connectivity index (χ0n) is 12.1. The van der Waals surface area contributed by atoms with Gasteiger partial charge in [-0.15, -0.1) is 0 Å². The molecule has 1 fully saturated rings. The highest BCUT2D eigenvalue weighted by Crippen LogP contribution is 2.22. The van der Waals surface area contributed by atoms with E-state index in [4.69, 9.17) is 0 Å². The van der Waals surface area contributed by atoms with Crippen molar-refractivity contribution >= 4 is 17.5 Å². The van der Waals surface area contributed by atoms with Crippen LogP contribution in [-0.2, 0) is 4.79 Å². The summed E-state index contributed by atoms with van der Waals surface area (Å²) in [7, 11) is 3.64. The molecule has 1 heterocycles. The van der Waals surface area contributed by atoms with Crippen LogP contribution < -0.4 is 10.2 Å². The van der Waals surface area contributed by atoms with Crippen molar-refractivity contribution < 1.29 is 9.59 Å². The van der Waals surface area contributed by atoms with E-state index in [1.54, 1.807) is 29.0 Å². The lowest BCUT2D eigenvalue weighted by molar-refractivity contribution is -0.117. The Labute approximate surface area is 119 Å². The Bertz CT molecular complexity index is 502. The van der Waals surface area contributed by atoms with Crippen LogP contribution in [0.25, 0.3) is 0 Å². The van der Waals surface area contributed by atoms with Crippen LogP contribution in [0.15, 0.2) is 24.3 Å². The maximum atomic E-state index is 12.3. The summed E-state index contributed by atoms with van der Waals surface area (Å²) in [6.07, 6.45) is 1.49.